The largest absolute Gasteiger partial charge is 0.454 e. The first kappa shape index (κ1) is 15.7. The SMILES string of the molecule is CC1CCCCN1C(=O)C1(c2cc(-c3ccc4c(c3)OCO4)on2)CC1. The molecule has 3 heterocycles. The fourth-order valence-corrected chi connectivity index (χ4v) is 4.07. The molecule has 1 atom stereocenters. The van der Waals surface area contributed by atoms with Crippen molar-refractivity contribution in [2.24, 2.45) is 0 Å². The molecule has 1 aromatic carbocycles. The van der Waals surface area contributed by atoms with Gasteiger partial charge in [0.15, 0.2) is 17.3 Å². The quantitative estimate of drug-likeness (QED) is 0.844. The molecule has 0 spiro atoms. The van der Waals surface area contributed by atoms with Gasteiger partial charge in [-0.2, -0.15) is 0 Å². The summed E-state index contributed by atoms with van der Waals surface area (Å²) in [7, 11) is 0. The summed E-state index contributed by atoms with van der Waals surface area (Å²) in [6.45, 7) is 3.24. The third-order valence-electron chi connectivity index (χ3n) is 5.88. The first-order chi connectivity index (χ1) is 12.7. The van der Waals surface area contributed by atoms with Crippen LogP contribution in [0.5, 0.6) is 11.5 Å². The van der Waals surface area contributed by atoms with Gasteiger partial charge in [0.25, 0.3) is 0 Å². The average molecular weight is 354 g/mol. The number of likely N-dealkylation sites (tertiary alicyclic amines) is 1. The van der Waals surface area contributed by atoms with Crippen molar-refractivity contribution in [1.82, 2.24) is 10.1 Å². The molecule has 6 nitrogen and oxygen atoms in total. The number of rotatable bonds is 3. The second-order valence-electron chi connectivity index (χ2n) is 7.57. The van der Waals surface area contributed by atoms with Crippen LogP contribution in [-0.2, 0) is 10.2 Å². The Morgan fingerprint density at radius 3 is 2.85 bits per heavy atom. The van der Waals surface area contributed by atoms with E-state index in [0.29, 0.717) is 17.6 Å². The van der Waals surface area contributed by atoms with Gasteiger partial charge in [0.1, 0.15) is 0 Å². The van der Waals surface area contributed by atoms with Gasteiger partial charge in [0, 0.05) is 24.2 Å². The van der Waals surface area contributed by atoms with Crippen LogP contribution in [-0.4, -0.2) is 35.3 Å². The van der Waals surface area contributed by atoms with Gasteiger partial charge in [-0.05, 0) is 57.2 Å². The van der Waals surface area contributed by atoms with E-state index in [0.717, 1.165) is 49.2 Å². The lowest BCUT2D eigenvalue weighted by Crippen LogP contribution is -2.47. The Morgan fingerprint density at radius 1 is 1.19 bits per heavy atom. The maximum atomic E-state index is 13.2. The summed E-state index contributed by atoms with van der Waals surface area (Å²) in [6, 6.07) is 7.91. The first-order valence-electron chi connectivity index (χ1n) is 9.36. The minimum atomic E-state index is -0.482. The number of piperidine rings is 1. The molecule has 2 aromatic rings. The van der Waals surface area contributed by atoms with Crippen molar-refractivity contribution in [2.45, 2.75) is 50.5 Å². The fraction of sp³-hybridized carbons (Fsp3) is 0.500. The normalized spacial score (nSPS) is 23.1. The molecule has 1 saturated heterocycles. The van der Waals surface area contributed by atoms with Gasteiger partial charge >= 0.3 is 0 Å². The summed E-state index contributed by atoms with van der Waals surface area (Å²) in [4.78, 5) is 15.2. The van der Waals surface area contributed by atoms with E-state index >= 15 is 0 Å². The number of fused-ring (bicyclic) bond motifs is 1. The van der Waals surface area contributed by atoms with Crippen LogP contribution < -0.4 is 9.47 Å². The Hall–Kier alpha value is -2.50. The number of carbonyl (C=O) groups is 1. The summed E-state index contributed by atoms with van der Waals surface area (Å²) in [6.07, 6.45) is 5.08. The molecular formula is C20H22N2O4. The lowest BCUT2D eigenvalue weighted by Gasteiger charge is -2.35. The van der Waals surface area contributed by atoms with Crippen molar-refractivity contribution in [3.05, 3.63) is 30.0 Å². The molecular weight excluding hydrogens is 332 g/mol. The van der Waals surface area contributed by atoms with E-state index in [1.54, 1.807) is 0 Å². The van der Waals surface area contributed by atoms with Gasteiger partial charge in [-0.1, -0.05) is 5.16 Å². The predicted octanol–water partition coefficient (Wildman–Crippen LogP) is 3.50. The van der Waals surface area contributed by atoms with Crippen LogP contribution in [0.4, 0.5) is 0 Å². The van der Waals surface area contributed by atoms with E-state index in [4.69, 9.17) is 14.0 Å². The molecule has 26 heavy (non-hydrogen) atoms. The van der Waals surface area contributed by atoms with Gasteiger partial charge < -0.3 is 18.9 Å². The third kappa shape index (κ3) is 2.39. The molecule has 5 rings (SSSR count). The fourth-order valence-electron chi connectivity index (χ4n) is 4.07. The molecule has 0 N–H and O–H groups in total. The lowest BCUT2D eigenvalue weighted by molar-refractivity contribution is -0.137. The monoisotopic (exact) mass is 354 g/mol. The minimum absolute atomic E-state index is 0.218. The highest BCUT2D eigenvalue weighted by Gasteiger charge is 2.56. The predicted molar refractivity (Wildman–Crippen MR) is 94.0 cm³/mol. The smallest absolute Gasteiger partial charge is 0.235 e. The zero-order chi connectivity index (χ0) is 17.7. The van der Waals surface area contributed by atoms with Crippen molar-refractivity contribution < 1.29 is 18.8 Å². The Morgan fingerprint density at radius 2 is 2.04 bits per heavy atom. The molecule has 2 aliphatic heterocycles. The van der Waals surface area contributed by atoms with E-state index in [-0.39, 0.29) is 12.7 Å². The number of hydrogen-bond donors (Lipinski definition) is 0. The molecule has 1 aromatic heterocycles. The molecule has 1 unspecified atom stereocenters. The van der Waals surface area contributed by atoms with Gasteiger partial charge in [-0.3, -0.25) is 4.79 Å². The van der Waals surface area contributed by atoms with Crippen LogP contribution in [0, 0.1) is 0 Å². The number of carbonyl (C=O) groups excluding carboxylic acids is 1. The van der Waals surface area contributed by atoms with Gasteiger partial charge in [0.2, 0.25) is 12.7 Å². The van der Waals surface area contributed by atoms with Crippen molar-refractivity contribution in [3.8, 4) is 22.8 Å². The molecule has 3 aliphatic rings. The van der Waals surface area contributed by atoms with Crippen molar-refractivity contribution in [3.63, 3.8) is 0 Å². The van der Waals surface area contributed by atoms with Crippen LogP contribution in [0.15, 0.2) is 28.8 Å². The highest BCUT2D eigenvalue weighted by molar-refractivity contribution is 5.91. The Labute approximate surface area is 152 Å². The molecule has 1 aliphatic carbocycles. The molecule has 1 saturated carbocycles. The van der Waals surface area contributed by atoms with Crippen molar-refractivity contribution in [2.75, 3.05) is 13.3 Å². The molecule has 136 valence electrons. The number of hydrogen-bond acceptors (Lipinski definition) is 5. The molecule has 2 fully saturated rings. The molecule has 0 bridgehead atoms. The maximum absolute atomic E-state index is 13.2. The standard InChI is InChI=1S/C20H22N2O4/c1-13-4-2-3-9-22(13)19(23)20(7-8-20)18-11-16(26-21-18)14-5-6-15-17(10-14)25-12-24-15/h5-6,10-11,13H,2-4,7-9,12H2,1H3. The van der Waals surface area contributed by atoms with Crippen LogP contribution in [0.2, 0.25) is 0 Å². The topological polar surface area (TPSA) is 64.8 Å². The summed E-state index contributed by atoms with van der Waals surface area (Å²) >= 11 is 0. The van der Waals surface area contributed by atoms with Gasteiger partial charge in [-0.15, -0.1) is 0 Å². The van der Waals surface area contributed by atoms with E-state index in [9.17, 15) is 4.79 Å². The highest BCUT2D eigenvalue weighted by Crippen LogP contribution is 2.50. The Bertz CT molecular complexity index is 855. The summed E-state index contributed by atoms with van der Waals surface area (Å²) in [5.74, 6) is 2.32. The second kappa shape index (κ2) is 5.76. The molecule has 6 heteroatoms. The first-order valence-corrected chi connectivity index (χ1v) is 9.36. The van der Waals surface area contributed by atoms with Crippen molar-refractivity contribution >= 4 is 5.91 Å². The number of ether oxygens (including phenoxy) is 2. The number of benzene rings is 1. The maximum Gasteiger partial charge on any atom is 0.235 e. The summed E-state index contributed by atoms with van der Waals surface area (Å²) in [5, 5.41) is 4.27. The highest BCUT2D eigenvalue weighted by atomic mass is 16.7. The average Bonchev–Trinajstić information content (AvgIpc) is 3.10. The minimum Gasteiger partial charge on any atom is -0.454 e. The van der Waals surface area contributed by atoms with Crippen LogP contribution in [0.25, 0.3) is 11.3 Å². The van der Waals surface area contributed by atoms with Gasteiger partial charge in [-0.25, -0.2) is 0 Å². The van der Waals surface area contributed by atoms with Gasteiger partial charge in [0.05, 0.1) is 11.1 Å². The number of amides is 1. The van der Waals surface area contributed by atoms with Crippen LogP contribution >= 0.6 is 0 Å². The zero-order valence-electron chi connectivity index (χ0n) is 14.9. The third-order valence-corrected chi connectivity index (χ3v) is 5.88. The van der Waals surface area contributed by atoms with E-state index in [1.165, 1.54) is 6.42 Å². The summed E-state index contributed by atoms with van der Waals surface area (Å²) < 4.78 is 16.4. The van der Waals surface area contributed by atoms with Crippen LogP contribution in [0.3, 0.4) is 0 Å². The number of nitrogens with zero attached hydrogens (tertiary/aromatic N) is 2. The molecule has 1 amide bonds. The second-order valence-corrected chi connectivity index (χ2v) is 7.57. The van der Waals surface area contributed by atoms with E-state index in [1.807, 2.05) is 29.2 Å². The molecule has 0 radical (unpaired) electrons. The zero-order valence-corrected chi connectivity index (χ0v) is 14.9. The Balaban J connectivity index is 1.42. The Kier molecular flexibility index (Phi) is 3.48. The van der Waals surface area contributed by atoms with Crippen LogP contribution in [0.1, 0.15) is 44.7 Å². The van der Waals surface area contributed by atoms with Crippen molar-refractivity contribution in [1.29, 1.82) is 0 Å². The van der Waals surface area contributed by atoms with E-state index < -0.39 is 5.41 Å². The summed E-state index contributed by atoms with van der Waals surface area (Å²) in [5.41, 5.74) is 1.15. The lowest BCUT2D eigenvalue weighted by atomic mass is 9.95. The number of aromatic nitrogens is 1. The van der Waals surface area contributed by atoms with E-state index in [2.05, 4.69) is 12.1 Å².